The SMILES string of the molecule is O=C(CCCn1nc(-c2ccccc2)ccc1=O)N1CCN(c2ccccc2Cl)CC1. The van der Waals surface area contributed by atoms with Crippen molar-refractivity contribution in [1.82, 2.24) is 14.7 Å². The summed E-state index contributed by atoms with van der Waals surface area (Å²) in [4.78, 5) is 28.9. The van der Waals surface area contributed by atoms with Crippen molar-refractivity contribution in [2.75, 3.05) is 31.1 Å². The Balaban J connectivity index is 1.29. The van der Waals surface area contributed by atoms with E-state index in [1.165, 1.54) is 10.7 Å². The van der Waals surface area contributed by atoms with Gasteiger partial charge in [-0.1, -0.05) is 54.1 Å². The summed E-state index contributed by atoms with van der Waals surface area (Å²) in [7, 11) is 0. The number of nitrogens with zero attached hydrogens (tertiary/aromatic N) is 4. The van der Waals surface area contributed by atoms with Crippen LogP contribution in [0.25, 0.3) is 11.3 Å². The fourth-order valence-electron chi connectivity index (χ4n) is 3.82. The highest BCUT2D eigenvalue weighted by atomic mass is 35.5. The molecule has 0 aliphatic carbocycles. The Bertz CT molecular complexity index is 1090. The topological polar surface area (TPSA) is 58.4 Å². The van der Waals surface area contributed by atoms with E-state index in [1.807, 2.05) is 59.5 Å². The van der Waals surface area contributed by atoms with Crippen LogP contribution in [0.15, 0.2) is 71.5 Å². The molecule has 1 aliphatic rings. The largest absolute Gasteiger partial charge is 0.367 e. The number of halogens is 1. The van der Waals surface area contributed by atoms with Crippen molar-refractivity contribution in [3.63, 3.8) is 0 Å². The first kappa shape index (κ1) is 21.1. The number of rotatable bonds is 6. The zero-order chi connectivity index (χ0) is 21.6. The van der Waals surface area contributed by atoms with E-state index in [4.69, 9.17) is 11.6 Å². The summed E-state index contributed by atoms with van der Waals surface area (Å²) >= 11 is 6.29. The molecule has 0 bridgehead atoms. The Morgan fingerprint density at radius 3 is 2.35 bits per heavy atom. The van der Waals surface area contributed by atoms with Gasteiger partial charge in [0.15, 0.2) is 0 Å². The van der Waals surface area contributed by atoms with E-state index in [1.54, 1.807) is 6.07 Å². The van der Waals surface area contributed by atoms with Crippen molar-refractivity contribution >= 4 is 23.2 Å². The van der Waals surface area contributed by atoms with Crippen molar-refractivity contribution in [3.05, 3.63) is 82.1 Å². The van der Waals surface area contributed by atoms with Gasteiger partial charge >= 0.3 is 0 Å². The monoisotopic (exact) mass is 436 g/mol. The molecule has 2 aromatic carbocycles. The fourth-order valence-corrected chi connectivity index (χ4v) is 4.07. The molecule has 4 rings (SSSR count). The van der Waals surface area contributed by atoms with E-state index < -0.39 is 0 Å². The average Bonchev–Trinajstić information content (AvgIpc) is 2.81. The average molecular weight is 437 g/mol. The highest BCUT2D eigenvalue weighted by molar-refractivity contribution is 6.33. The van der Waals surface area contributed by atoms with Crippen LogP contribution in [0.3, 0.4) is 0 Å². The molecule has 1 aliphatic heterocycles. The molecule has 0 unspecified atom stereocenters. The molecular weight excluding hydrogens is 412 g/mol. The van der Waals surface area contributed by atoms with Crippen LogP contribution in [0, 0.1) is 0 Å². The molecule has 1 saturated heterocycles. The standard InChI is InChI=1S/C24H25ClN4O2/c25-20-9-4-5-10-22(20)27-15-17-28(18-16-27)23(30)11-6-14-29-24(31)13-12-21(26-29)19-7-2-1-3-8-19/h1-5,7-10,12-13H,6,11,14-18H2. The van der Waals surface area contributed by atoms with E-state index in [0.717, 1.165) is 35.1 Å². The summed E-state index contributed by atoms with van der Waals surface area (Å²) in [5, 5.41) is 5.20. The minimum atomic E-state index is -0.152. The third-order valence-corrected chi connectivity index (χ3v) is 5.84. The molecule has 31 heavy (non-hydrogen) atoms. The highest BCUT2D eigenvalue weighted by Crippen LogP contribution is 2.26. The number of amides is 1. The minimum Gasteiger partial charge on any atom is -0.367 e. The number of hydrogen-bond donors (Lipinski definition) is 0. The molecule has 1 amide bonds. The molecule has 7 heteroatoms. The number of para-hydroxylation sites is 1. The Morgan fingerprint density at radius 2 is 1.61 bits per heavy atom. The van der Waals surface area contributed by atoms with Crippen LogP contribution >= 0.6 is 11.6 Å². The lowest BCUT2D eigenvalue weighted by Crippen LogP contribution is -2.48. The summed E-state index contributed by atoms with van der Waals surface area (Å²) in [5.41, 5.74) is 2.58. The van der Waals surface area contributed by atoms with Crippen LogP contribution in [0.5, 0.6) is 0 Å². The maximum atomic E-state index is 12.6. The molecule has 2 heterocycles. The minimum absolute atomic E-state index is 0.117. The van der Waals surface area contributed by atoms with Gasteiger partial charge in [-0.05, 0) is 24.6 Å². The molecule has 0 radical (unpaired) electrons. The molecule has 0 spiro atoms. The zero-order valence-electron chi connectivity index (χ0n) is 17.3. The third-order valence-electron chi connectivity index (χ3n) is 5.52. The lowest BCUT2D eigenvalue weighted by atomic mass is 10.1. The Hall–Kier alpha value is -3.12. The van der Waals surface area contributed by atoms with E-state index >= 15 is 0 Å². The van der Waals surface area contributed by atoms with Crippen LogP contribution in [0.4, 0.5) is 5.69 Å². The summed E-state index contributed by atoms with van der Waals surface area (Å²) < 4.78 is 1.45. The van der Waals surface area contributed by atoms with E-state index in [9.17, 15) is 9.59 Å². The Labute approximate surface area is 186 Å². The van der Waals surface area contributed by atoms with E-state index in [2.05, 4.69) is 10.00 Å². The molecular formula is C24H25ClN4O2. The number of aryl methyl sites for hydroxylation is 1. The zero-order valence-corrected chi connectivity index (χ0v) is 18.0. The van der Waals surface area contributed by atoms with Gasteiger partial charge in [-0.2, -0.15) is 5.10 Å². The van der Waals surface area contributed by atoms with Gasteiger partial charge in [0.2, 0.25) is 5.91 Å². The van der Waals surface area contributed by atoms with E-state index in [0.29, 0.717) is 32.5 Å². The number of hydrogen-bond acceptors (Lipinski definition) is 4. The normalized spacial score (nSPS) is 14.0. The van der Waals surface area contributed by atoms with Crippen molar-refractivity contribution < 1.29 is 4.79 Å². The van der Waals surface area contributed by atoms with Crippen molar-refractivity contribution in [1.29, 1.82) is 0 Å². The maximum absolute atomic E-state index is 12.6. The van der Waals surface area contributed by atoms with Crippen LogP contribution in [0.1, 0.15) is 12.8 Å². The summed E-state index contributed by atoms with van der Waals surface area (Å²) in [6.07, 6.45) is 0.977. The Kier molecular flexibility index (Phi) is 6.67. The van der Waals surface area contributed by atoms with Gasteiger partial charge in [0.25, 0.3) is 5.56 Å². The van der Waals surface area contributed by atoms with Gasteiger partial charge in [0.05, 0.1) is 16.4 Å². The predicted octanol–water partition coefficient (Wildman–Crippen LogP) is 3.69. The van der Waals surface area contributed by atoms with Gasteiger partial charge < -0.3 is 9.80 Å². The molecule has 3 aromatic rings. The summed E-state index contributed by atoms with van der Waals surface area (Å²) in [5.74, 6) is 0.117. The number of carbonyl (C=O) groups is 1. The molecule has 0 N–H and O–H groups in total. The smallest absolute Gasteiger partial charge is 0.266 e. The molecule has 160 valence electrons. The first-order valence-electron chi connectivity index (χ1n) is 10.5. The Morgan fingerprint density at radius 1 is 0.903 bits per heavy atom. The molecule has 0 atom stereocenters. The number of carbonyl (C=O) groups excluding carboxylic acids is 1. The molecule has 1 fully saturated rings. The number of anilines is 1. The fraction of sp³-hybridized carbons (Fsp3) is 0.292. The number of aromatic nitrogens is 2. The molecule has 0 saturated carbocycles. The van der Waals surface area contributed by atoms with E-state index in [-0.39, 0.29) is 11.5 Å². The first-order valence-corrected chi connectivity index (χ1v) is 10.9. The third kappa shape index (κ3) is 5.14. The molecule has 6 nitrogen and oxygen atoms in total. The van der Waals surface area contributed by atoms with Crippen LogP contribution in [-0.4, -0.2) is 46.8 Å². The number of benzene rings is 2. The lowest BCUT2D eigenvalue weighted by molar-refractivity contribution is -0.131. The highest BCUT2D eigenvalue weighted by Gasteiger charge is 2.22. The van der Waals surface area contributed by atoms with Crippen molar-refractivity contribution in [3.8, 4) is 11.3 Å². The quantitative estimate of drug-likeness (QED) is 0.591. The second-order valence-corrected chi connectivity index (χ2v) is 7.98. The number of piperazine rings is 1. The van der Waals surface area contributed by atoms with Gasteiger partial charge in [0.1, 0.15) is 0 Å². The second kappa shape index (κ2) is 9.79. The van der Waals surface area contributed by atoms with Gasteiger partial charge in [-0.3, -0.25) is 9.59 Å². The van der Waals surface area contributed by atoms with Crippen molar-refractivity contribution in [2.45, 2.75) is 19.4 Å². The van der Waals surface area contributed by atoms with Crippen LogP contribution < -0.4 is 10.5 Å². The maximum Gasteiger partial charge on any atom is 0.266 e. The van der Waals surface area contributed by atoms with Gasteiger partial charge in [0, 0.05) is 50.8 Å². The van der Waals surface area contributed by atoms with Gasteiger partial charge in [-0.15, -0.1) is 0 Å². The van der Waals surface area contributed by atoms with Crippen LogP contribution in [-0.2, 0) is 11.3 Å². The van der Waals surface area contributed by atoms with Crippen molar-refractivity contribution in [2.24, 2.45) is 0 Å². The summed E-state index contributed by atoms with van der Waals surface area (Å²) in [6, 6.07) is 20.8. The predicted molar refractivity (Wildman–Crippen MR) is 123 cm³/mol. The molecule has 1 aromatic heterocycles. The lowest BCUT2D eigenvalue weighted by Gasteiger charge is -2.36. The van der Waals surface area contributed by atoms with Gasteiger partial charge in [-0.25, -0.2) is 4.68 Å². The first-order chi connectivity index (χ1) is 15.1. The van der Waals surface area contributed by atoms with Crippen LogP contribution in [0.2, 0.25) is 5.02 Å². The summed E-state index contributed by atoms with van der Waals surface area (Å²) in [6.45, 7) is 3.29. The second-order valence-electron chi connectivity index (χ2n) is 7.57.